The number of carbonyl (C=O) groups excluding carboxylic acids is 1. The molecule has 0 unspecified atom stereocenters. The number of aryl methyl sites for hydroxylation is 1. The van der Waals surface area contributed by atoms with Crippen LogP contribution in [-0.4, -0.2) is 67.1 Å². The molecule has 26 heavy (non-hydrogen) atoms. The second-order valence-electron chi connectivity index (χ2n) is 6.33. The monoisotopic (exact) mass is 358 g/mol. The number of methoxy groups -OCH3 is 1. The summed E-state index contributed by atoms with van der Waals surface area (Å²) in [4.78, 5) is 14.8. The van der Waals surface area contributed by atoms with Crippen LogP contribution in [0.1, 0.15) is 16.9 Å². The quantitative estimate of drug-likeness (QED) is 0.761. The molecular weight excluding hydrogens is 332 g/mol. The molecule has 1 N–H and O–H groups in total. The molecule has 3 rings (SSSR count). The summed E-state index contributed by atoms with van der Waals surface area (Å²) >= 11 is 0. The third-order valence-electron chi connectivity index (χ3n) is 4.54. The van der Waals surface area contributed by atoms with Crippen molar-refractivity contribution in [3.63, 3.8) is 0 Å². The van der Waals surface area contributed by atoms with E-state index in [0.29, 0.717) is 12.2 Å². The van der Waals surface area contributed by atoms with E-state index in [2.05, 4.69) is 15.3 Å². The summed E-state index contributed by atoms with van der Waals surface area (Å²) in [5, 5.41) is 7.44. The van der Waals surface area contributed by atoms with Crippen molar-refractivity contribution in [3.05, 3.63) is 36.0 Å². The molecule has 2 heterocycles. The zero-order valence-electron chi connectivity index (χ0n) is 15.4. The van der Waals surface area contributed by atoms with Gasteiger partial charge in [0.25, 0.3) is 5.91 Å². The maximum absolute atomic E-state index is 12.4. The van der Waals surface area contributed by atoms with Crippen LogP contribution < -0.4 is 10.1 Å². The average molecular weight is 358 g/mol. The van der Waals surface area contributed by atoms with Crippen LogP contribution in [0.5, 0.6) is 5.75 Å². The van der Waals surface area contributed by atoms with Crippen molar-refractivity contribution in [3.8, 4) is 17.0 Å². The lowest BCUT2D eigenvalue weighted by Gasteiger charge is -2.26. The second-order valence-corrected chi connectivity index (χ2v) is 6.33. The molecular formula is C19H26N4O3. The number of nitrogens with zero attached hydrogens (tertiary/aromatic N) is 3. The Labute approximate surface area is 153 Å². The van der Waals surface area contributed by atoms with E-state index in [0.717, 1.165) is 56.3 Å². The van der Waals surface area contributed by atoms with E-state index in [-0.39, 0.29) is 5.91 Å². The molecule has 0 bridgehead atoms. The van der Waals surface area contributed by atoms with Crippen LogP contribution in [0.2, 0.25) is 0 Å². The predicted molar refractivity (Wildman–Crippen MR) is 99.4 cm³/mol. The maximum atomic E-state index is 12.4. The largest absolute Gasteiger partial charge is 0.497 e. The van der Waals surface area contributed by atoms with Crippen LogP contribution in [0.15, 0.2) is 30.3 Å². The first kappa shape index (κ1) is 18.4. The first-order valence-corrected chi connectivity index (χ1v) is 8.94. The van der Waals surface area contributed by atoms with Crippen LogP contribution in [-0.2, 0) is 11.8 Å². The molecule has 2 aromatic rings. The van der Waals surface area contributed by atoms with Crippen molar-refractivity contribution in [2.24, 2.45) is 7.05 Å². The van der Waals surface area contributed by atoms with Gasteiger partial charge >= 0.3 is 0 Å². The number of ether oxygens (including phenoxy) is 2. The van der Waals surface area contributed by atoms with Crippen LogP contribution in [0.4, 0.5) is 0 Å². The van der Waals surface area contributed by atoms with Gasteiger partial charge in [0, 0.05) is 32.2 Å². The zero-order chi connectivity index (χ0) is 18.4. The highest BCUT2D eigenvalue weighted by molar-refractivity contribution is 5.93. The van der Waals surface area contributed by atoms with Gasteiger partial charge in [0.1, 0.15) is 11.4 Å². The van der Waals surface area contributed by atoms with Gasteiger partial charge in [0.15, 0.2) is 0 Å². The lowest BCUT2D eigenvalue weighted by molar-refractivity contribution is 0.0374. The van der Waals surface area contributed by atoms with E-state index in [1.54, 1.807) is 18.8 Å². The number of carbonyl (C=O) groups is 1. The molecule has 1 aromatic carbocycles. The van der Waals surface area contributed by atoms with Crippen molar-refractivity contribution >= 4 is 5.91 Å². The minimum Gasteiger partial charge on any atom is -0.497 e. The molecule has 1 aliphatic rings. The maximum Gasteiger partial charge on any atom is 0.269 e. The molecule has 0 spiro atoms. The van der Waals surface area contributed by atoms with E-state index in [4.69, 9.17) is 9.47 Å². The Morgan fingerprint density at radius 1 is 1.27 bits per heavy atom. The molecule has 1 aromatic heterocycles. The molecule has 0 radical (unpaired) electrons. The molecule has 1 amide bonds. The third-order valence-corrected chi connectivity index (χ3v) is 4.54. The summed E-state index contributed by atoms with van der Waals surface area (Å²) in [5.41, 5.74) is 2.28. The second kappa shape index (κ2) is 8.82. The number of amides is 1. The van der Waals surface area contributed by atoms with E-state index < -0.39 is 0 Å². The summed E-state index contributed by atoms with van der Waals surface area (Å²) in [6.45, 7) is 5.18. The summed E-state index contributed by atoms with van der Waals surface area (Å²) < 4.78 is 12.1. The van der Waals surface area contributed by atoms with Crippen LogP contribution >= 0.6 is 0 Å². The standard InChI is InChI=1S/C19H26N4O3/c1-22-18(14-17(21-22)15-4-6-16(25-2)7-5-15)19(24)20-8-3-9-23-10-12-26-13-11-23/h4-7,14H,3,8-13H2,1-2H3,(H,20,24). The fourth-order valence-corrected chi connectivity index (χ4v) is 3.00. The lowest BCUT2D eigenvalue weighted by atomic mass is 10.1. The van der Waals surface area contributed by atoms with Crippen molar-refractivity contribution in [2.45, 2.75) is 6.42 Å². The Hall–Kier alpha value is -2.38. The molecule has 1 aliphatic heterocycles. The first-order valence-electron chi connectivity index (χ1n) is 8.94. The molecule has 1 saturated heterocycles. The smallest absolute Gasteiger partial charge is 0.269 e. The van der Waals surface area contributed by atoms with Crippen molar-refractivity contribution in [2.75, 3.05) is 46.5 Å². The number of benzene rings is 1. The molecule has 7 nitrogen and oxygen atoms in total. The zero-order valence-corrected chi connectivity index (χ0v) is 15.4. The molecule has 140 valence electrons. The Balaban J connectivity index is 1.53. The van der Waals surface area contributed by atoms with Gasteiger partial charge < -0.3 is 14.8 Å². The van der Waals surface area contributed by atoms with Gasteiger partial charge in [-0.25, -0.2) is 0 Å². The van der Waals surface area contributed by atoms with Gasteiger partial charge in [-0.2, -0.15) is 5.10 Å². The van der Waals surface area contributed by atoms with E-state index in [1.165, 1.54) is 0 Å². The third kappa shape index (κ3) is 4.62. The lowest BCUT2D eigenvalue weighted by Crippen LogP contribution is -2.38. The van der Waals surface area contributed by atoms with Crippen LogP contribution in [0.3, 0.4) is 0 Å². The SMILES string of the molecule is COc1ccc(-c2cc(C(=O)NCCCN3CCOCC3)n(C)n2)cc1. The molecule has 0 aliphatic carbocycles. The van der Waals surface area contributed by atoms with Crippen molar-refractivity contribution in [1.29, 1.82) is 0 Å². The van der Waals surface area contributed by atoms with Gasteiger partial charge in [0.05, 0.1) is 26.0 Å². The molecule has 0 atom stereocenters. The number of hydrogen-bond acceptors (Lipinski definition) is 5. The minimum absolute atomic E-state index is 0.0956. The predicted octanol–water partition coefficient (Wildman–Crippen LogP) is 1.55. The van der Waals surface area contributed by atoms with Gasteiger partial charge in [-0.15, -0.1) is 0 Å². The fraction of sp³-hybridized carbons (Fsp3) is 0.474. The Morgan fingerprint density at radius 3 is 2.69 bits per heavy atom. The molecule has 0 saturated carbocycles. The van der Waals surface area contributed by atoms with Gasteiger partial charge in [-0.05, 0) is 43.3 Å². The topological polar surface area (TPSA) is 68.6 Å². The minimum atomic E-state index is -0.0956. The van der Waals surface area contributed by atoms with E-state index >= 15 is 0 Å². The Bertz CT molecular complexity index is 721. The van der Waals surface area contributed by atoms with E-state index in [9.17, 15) is 4.79 Å². The Morgan fingerprint density at radius 2 is 2.00 bits per heavy atom. The van der Waals surface area contributed by atoms with Crippen molar-refractivity contribution < 1.29 is 14.3 Å². The average Bonchev–Trinajstić information content (AvgIpc) is 3.08. The number of aromatic nitrogens is 2. The highest BCUT2D eigenvalue weighted by Crippen LogP contribution is 2.21. The van der Waals surface area contributed by atoms with Crippen LogP contribution in [0.25, 0.3) is 11.3 Å². The number of hydrogen-bond donors (Lipinski definition) is 1. The van der Waals surface area contributed by atoms with Gasteiger partial charge in [-0.3, -0.25) is 14.4 Å². The summed E-state index contributed by atoms with van der Waals surface area (Å²) in [6.07, 6.45) is 0.926. The van der Waals surface area contributed by atoms with Gasteiger partial charge in [-0.1, -0.05) is 0 Å². The highest BCUT2D eigenvalue weighted by atomic mass is 16.5. The first-order chi connectivity index (χ1) is 12.7. The summed E-state index contributed by atoms with van der Waals surface area (Å²) in [7, 11) is 3.42. The summed E-state index contributed by atoms with van der Waals surface area (Å²) in [6, 6.07) is 9.46. The number of rotatable bonds is 7. The Kier molecular flexibility index (Phi) is 6.25. The van der Waals surface area contributed by atoms with Crippen LogP contribution in [0, 0.1) is 0 Å². The molecule has 7 heteroatoms. The number of nitrogens with one attached hydrogen (secondary N) is 1. The number of morpholine rings is 1. The normalized spacial score (nSPS) is 15.0. The molecule has 1 fully saturated rings. The van der Waals surface area contributed by atoms with E-state index in [1.807, 2.05) is 30.3 Å². The fourth-order valence-electron chi connectivity index (χ4n) is 3.00. The highest BCUT2D eigenvalue weighted by Gasteiger charge is 2.14. The summed E-state index contributed by atoms with van der Waals surface area (Å²) in [5.74, 6) is 0.699. The van der Waals surface area contributed by atoms with Crippen molar-refractivity contribution in [1.82, 2.24) is 20.0 Å². The van der Waals surface area contributed by atoms with Gasteiger partial charge in [0.2, 0.25) is 0 Å².